The zero-order valence-corrected chi connectivity index (χ0v) is 34.4. The molecule has 63 heavy (non-hydrogen) atoms. The van der Waals surface area contributed by atoms with E-state index in [9.17, 15) is 0 Å². The van der Waals surface area contributed by atoms with Gasteiger partial charge in [0.25, 0.3) is 0 Å². The summed E-state index contributed by atoms with van der Waals surface area (Å²) in [6.45, 7) is 0. The second-order valence-electron chi connectivity index (χ2n) is 16.2. The summed E-state index contributed by atoms with van der Waals surface area (Å²) in [5.74, 6) is 0. The van der Waals surface area contributed by atoms with Crippen LogP contribution in [0.1, 0.15) is 0 Å². The first-order chi connectivity index (χ1) is 31.2. The van der Waals surface area contributed by atoms with Crippen molar-refractivity contribution in [3.63, 3.8) is 0 Å². The normalized spacial score (nSPS) is 11.5. The molecule has 0 aliphatic rings. The van der Waals surface area contributed by atoms with Crippen LogP contribution >= 0.6 is 0 Å². The van der Waals surface area contributed by atoms with Gasteiger partial charge >= 0.3 is 0 Å². The number of anilines is 3. The van der Waals surface area contributed by atoms with Crippen molar-refractivity contribution in [1.29, 1.82) is 0 Å². The molecule has 0 radical (unpaired) electrons. The fraction of sp³-hybridized carbons (Fsp3) is 0. The van der Waals surface area contributed by atoms with E-state index in [1.165, 1.54) is 49.6 Å². The molecule has 0 saturated carbocycles. The Bertz CT molecular complexity index is 3560. The summed E-state index contributed by atoms with van der Waals surface area (Å²) in [7, 11) is 0. The van der Waals surface area contributed by atoms with Crippen LogP contribution in [0.5, 0.6) is 0 Å². The lowest BCUT2D eigenvalue weighted by Crippen LogP contribution is -2.10. The van der Waals surface area contributed by atoms with Crippen LogP contribution in [0.15, 0.2) is 247 Å². The number of nitrogens with zero attached hydrogens (tertiary/aromatic N) is 2. The van der Waals surface area contributed by atoms with Crippen LogP contribution in [0.25, 0.3) is 93.9 Å². The highest BCUT2D eigenvalue weighted by Gasteiger charge is 2.17. The molecule has 0 aliphatic heterocycles. The lowest BCUT2D eigenvalue weighted by molar-refractivity contribution is 0.669. The van der Waals surface area contributed by atoms with Crippen molar-refractivity contribution in [3.8, 4) is 50.2 Å². The molecule has 0 atom stereocenters. The third-order valence-electron chi connectivity index (χ3n) is 12.4. The molecule has 3 heteroatoms. The predicted octanol–water partition coefficient (Wildman–Crippen LogP) is 16.8. The molecule has 2 heterocycles. The molecule has 10 aromatic carbocycles. The number of rotatable bonds is 8. The van der Waals surface area contributed by atoms with Gasteiger partial charge in [0.15, 0.2) is 0 Å². The van der Waals surface area contributed by atoms with Gasteiger partial charge in [-0.2, -0.15) is 0 Å². The van der Waals surface area contributed by atoms with Gasteiger partial charge in [-0.05, 0) is 129 Å². The molecule has 0 saturated heterocycles. The van der Waals surface area contributed by atoms with E-state index in [-0.39, 0.29) is 0 Å². The van der Waals surface area contributed by atoms with Gasteiger partial charge in [-0.25, -0.2) is 0 Å². The first kappa shape index (κ1) is 36.5. The lowest BCUT2D eigenvalue weighted by Gasteiger charge is -2.26. The fourth-order valence-electron chi connectivity index (χ4n) is 9.32. The van der Waals surface area contributed by atoms with Crippen LogP contribution < -0.4 is 4.90 Å². The largest absolute Gasteiger partial charge is 0.456 e. The Morgan fingerprint density at radius 1 is 0.270 bits per heavy atom. The molecule has 0 bridgehead atoms. The molecular formula is C60H40N2O. The first-order valence-corrected chi connectivity index (χ1v) is 21.5. The van der Waals surface area contributed by atoms with Gasteiger partial charge in [0.2, 0.25) is 0 Å². The summed E-state index contributed by atoms with van der Waals surface area (Å²) in [6, 6.07) is 87.1. The topological polar surface area (TPSA) is 21.3 Å². The van der Waals surface area contributed by atoms with E-state index in [1.807, 2.05) is 12.1 Å². The minimum Gasteiger partial charge on any atom is -0.456 e. The monoisotopic (exact) mass is 804 g/mol. The maximum atomic E-state index is 6.30. The van der Waals surface area contributed by atoms with Gasteiger partial charge in [-0.3, -0.25) is 0 Å². The van der Waals surface area contributed by atoms with Crippen molar-refractivity contribution < 1.29 is 4.42 Å². The summed E-state index contributed by atoms with van der Waals surface area (Å²) in [5.41, 5.74) is 17.9. The third kappa shape index (κ3) is 6.55. The molecule has 0 fully saturated rings. The summed E-state index contributed by atoms with van der Waals surface area (Å²) < 4.78 is 8.68. The van der Waals surface area contributed by atoms with E-state index in [1.54, 1.807) is 0 Å². The Morgan fingerprint density at radius 2 is 0.730 bits per heavy atom. The minimum absolute atomic E-state index is 0.892. The molecule has 12 rings (SSSR count). The van der Waals surface area contributed by atoms with Crippen LogP contribution in [-0.4, -0.2) is 4.57 Å². The van der Waals surface area contributed by atoms with E-state index < -0.39 is 0 Å². The van der Waals surface area contributed by atoms with E-state index >= 15 is 0 Å². The number of furan rings is 1. The molecule has 0 N–H and O–H groups in total. The van der Waals surface area contributed by atoms with Crippen molar-refractivity contribution in [2.45, 2.75) is 0 Å². The Hall–Kier alpha value is -8.40. The van der Waals surface area contributed by atoms with E-state index in [0.717, 1.165) is 61.4 Å². The summed E-state index contributed by atoms with van der Waals surface area (Å²) >= 11 is 0. The van der Waals surface area contributed by atoms with E-state index in [4.69, 9.17) is 4.42 Å². The highest BCUT2D eigenvalue weighted by atomic mass is 16.3. The Labute approximate surface area is 366 Å². The van der Waals surface area contributed by atoms with Crippen molar-refractivity contribution in [1.82, 2.24) is 4.57 Å². The lowest BCUT2D eigenvalue weighted by atomic mass is 9.98. The SMILES string of the molecule is c1ccc(-c2ccc(N(c3ccc(-c4cccc(-c5cccc(-n6c7ccccc7c7ccccc76)c5)c4)cc3)c3cccc(-c4ccc5c(c4)oc4ccccc45)c3)cc2)cc1. The summed E-state index contributed by atoms with van der Waals surface area (Å²) in [4.78, 5) is 2.35. The maximum Gasteiger partial charge on any atom is 0.136 e. The maximum absolute atomic E-state index is 6.30. The quantitative estimate of drug-likeness (QED) is 0.153. The fourth-order valence-corrected chi connectivity index (χ4v) is 9.32. The van der Waals surface area contributed by atoms with Gasteiger partial charge in [-0.1, -0.05) is 158 Å². The minimum atomic E-state index is 0.892. The number of fused-ring (bicyclic) bond motifs is 6. The standard InChI is InChI=1S/C60H40N2O/c1-2-13-41(14-3-1)42-27-32-49(33-28-42)61(51-19-11-18-47(38-51)48-31-36-56-55-23-6-9-26-59(55)63-60(56)40-48)50-34-29-43(30-35-50)44-15-10-16-45(37-44)46-17-12-20-52(39-46)62-57-24-7-4-21-53(57)54-22-5-8-25-58(54)62/h1-40H. The predicted molar refractivity (Wildman–Crippen MR) is 264 cm³/mol. The van der Waals surface area contributed by atoms with E-state index in [0.29, 0.717) is 0 Å². The number of hydrogen-bond donors (Lipinski definition) is 0. The van der Waals surface area contributed by atoms with Crippen LogP contribution in [0.4, 0.5) is 17.1 Å². The Morgan fingerprint density at radius 3 is 1.43 bits per heavy atom. The Kier molecular flexibility index (Phi) is 8.83. The molecule has 296 valence electrons. The van der Waals surface area contributed by atoms with Crippen molar-refractivity contribution >= 4 is 60.8 Å². The van der Waals surface area contributed by atoms with Crippen LogP contribution in [0.2, 0.25) is 0 Å². The highest BCUT2D eigenvalue weighted by molar-refractivity contribution is 6.09. The number of para-hydroxylation sites is 3. The summed E-state index contributed by atoms with van der Waals surface area (Å²) in [6.07, 6.45) is 0. The molecule has 3 nitrogen and oxygen atoms in total. The Balaban J connectivity index is 0.899. The smallest absolute Gasteiger partial charge is 0.136 e. The van der Waals surface area contributed by atoms with Gasteiger partial charge in [0.1, 0.15) is 11.2 Å². The average Bonchev–Trinajstić information content (AvgIpc) is 3.91. The van der Waals surface area contributed by atoms with Crippen LogP contribution in [-0.2, 0) is 0 Å². The molecule has 0 spiro atoms. The van der Waals surface area contributed by atoms with Crippen LogP contribution in [0.3, 0.4) is 0 Å². The first-order valence-electron chi connectivity index (χ1n) is 21.5. The van der Waals surface area contributed by atoms with Crippen LogP contribution in [0, 0.1) is 0 Å². The van der Waals surface area contributed by atoms with Gasteiger partial charge in [0, 0.05) is 44.3 Å². The zero-order valence-electron chi connectivity index (χ0n) is 34.4. The molecule has 0 aliphatic carbocycles. The molecular weight excluding hydrogens is 765 g/mol. The number of benzene rings is 10. The summed E-state index contributed by atoms with van der Waals surface area (Å²) in [5, 5.41) is 4.79. The molecule has 0 amide bonds. The van der Waals surface area contributed by atoms with Gasteiger partial charge in [0.05, 0.1) is 11.0 Å². The molecule has 2 aromatic heterocycles. The molecule has 12 aromatic rings. The number of hydrogen-bond acceptors (Lipinski definition) is 2. The zero-order chi connectivity index (χ0) is 41.7. The highest BCUT2D eigenvalue weighted by Crippen LogP contribution is 2.40. The van der Waals surface area contributed by atoms with Crippen molar-refractivity contribution in [3.05, 3.63) is 243 Å². The second-order valence-corrected chi connectivity index (χ2v) is 16.2. The second kappa shape index (κ2) is 15.3. The van der Waals surface area contributed by atoms with Crippen molar-refractivity contribution in [2.75, 3.05) is 4.90 Å². The number of aromatic nitrogens is 1. The average molecular weight is 805 g/mol. The molecule has 0 unspecified atom stereocenters. The van der Waals surface area contributed by atoms with Gasteiger partial charge < -0.3 is 13.9 Å². The van der Waals surface area contributed by atoms with Crippen molar-refractivity contribution in [2.24, 2.45) is 0 Å². The van der Waals surface area contributed by atoms with Gasteiger partial charge in [-0.15, -0.1) is 0 Å². The van der Waals surface area contributed by atoms with E-state index in [2.05, 4.69) is 240 Å². The third-order valence-corrected chi connectivity index (χ3v) is 12.4.